The molecule has 0 aliphatic heterocycles. The molecular formula is C19H18. The Labute approximate surface area is 115 Å². The number of allylic oxidation sites excluding steroid dienone is 1. The topological polar surface area (TPSA) is 0 Å². The maximum Gasteiger partial charge on any atom is 0.0276 e. The lowest BCUT2D eigenvalue weighted by Gasteiger charge is -1.96. The molecule has 0 heterocycles. The summed E-state index contributed by atoms with van der Waals surface area (Å²) in [6, 6.07) is 18.7. The highest BCUT2D eigenvalue weighted by atomic mass is 13.9. The van der Waals surface area contributed by atoms with Gasteiger partial charge in [0.25, 0.3) is 0 Å². The van der Waals surface area contributed by atoms with Crippen molar-refractivity contribution in [2.45, 2.75) is 19.8 Å². The molecule has 0 radical (unpaired) electrons. The van der Waals surface area contributed by atoms with Crippen molar-refractivity contribution < 1.29 is 0 Å². The van der Waals surface area contributed by atoms with Crippen LogP contribution in [0, 0.1) is 11.8 Å². The van der Waals surface area contributed by atoms with Crippen LogP contribution in [0.4, 0.5) is 0 Å². The molecule has 0 amide bonds. The third kappa shape index (κ3) is 4.48. The lowest BCUT2D eigenvalue weighted by atomic mass is 10.1. The number of hydrogen-bond acceptors (Lipinski definition) is 0. The molecular weight excluding hydrogens is 228 g/mol. The molecule has 0 saturated heterocycles. The minimum atomic E-state index is 0.782. The molecule has 0 N–H and O–H groups in total. The lowest BCUT2D eigenvalue weighted by Crippen LogP contribution is -1.78. The summed E-state index contributed by atoms with van der Waals surface area (Å²) >= 11 is 0. The van der Waals surface area contributed by atoms with Crippen LogP contribution in [0.1, 0.15) is 30.0 Å². The van der Waals surface area contributed by atoms with Gasteiger partial charge in [-0.1, -0.05) is 73.4 Å². The molecule has 0 fully saturated rings. The van der Waals surface area contributed by atoms with E-state index in [1.165, 1.54) is 11.1 Å². The minimum absolute atomic E-state index is 0.782. The molecule has 0 aliphatic rings. The largest absolute Gasteiger partial charge is 0.0937 e. The van der Waals surface area contributed by atoms with Crippen molar-refractivity contribution in [3.63, 3.8) is 0 Å². The van der Waals surface area contributed by atoms with E-state index < -0.39 is 0 Å². The smallest absolute Gasteiger partial charge is 0.0276 e. The van der Waals surface area contributed by atoms with Gasteiger partial charge in [-0.15, -0.1) is 0 Å². The fourth-order valence-corrected chi connectivity index (χ4v) is 1.79. The van der Waals surface area contributed by atoms with Crippen LogP contribution in [-0.2, 0) is 6.42 Å². The summed E-state index contributed by atoms with van der Waals surface area (Å²) < 4.78 is 0. The first-order chi connectivity index (χ1) is 9.38. The van der Waals surface area contributed by atoms with Crippen molar-refractivity contribution in [1.29, 1.82) is 0 Å². The van der Waals surface area contributed by atoms with Crippen LogP contribution < -0.4 is 0 Å². The van der Waals surface area contributed by atoms with E-state index in [0.717, 1.165) is 18.4 Å². The van der Waals surface area contributed by atoms with Crippen molar-refractivity contribution in [3.8, 4) is 11.8 Å². The van der Waals surface area contributed by atoms with Gasteiger partial charge in [0.2, 0.25) is 0 Å². The van der Waals surface area contributed by atoms with E-state index in [4.69, 9.17) is 0 Å². The summed E-state index contributed by atoms with van der Waals surface area (Å²) in [6.07, 6.45) is 6.10. The molecule has 0 saturated carbocycles. The fraction of sp³-hybridized carbons (Fsp3) is 0.158. The zero-order valence-electron chi connectivity index (χ0n) is 11.3. The monoisotopic (exact) mass is 246 g/mol. The zero-order chi connectivity index (χ0) is 13.3. The van der Waals surface area contributed by atoms with Crippen molar-refractivity contribution in [2.75, 3.05) is 0 Å². The molecule has 2 aromatic carbocycles. The Bertz CT molecular complexity index is 577. The Balaban J connectivity index is 1.88. The van der Waals surface area contributed by atoms with E-state index >= 15 is 0 Å². The minimum Gasteiger partial charge on any atom is -0.0937 e. The quantitative estimate of drug-likeness (QED) is 0.688. The molecule has 2 rings (SSSR count). The van der Waals surface area contributed by atoms with Gasteiger partial charge in [0.05, 0.1) is 0 Å². The Morgan fingerprint density at radius 3 is 2.37 bits per heavy atom. The van der Waals surface area contributed by atoms with E-state index in [1.807, 2.05) is 30.3 Å². The summed E-state index contributed by atoms with van der Waals surface area (Å²) in [5, 5.41) is 0. The third-order valence-corrected chi connectivity index (χ3v) is 2.92. The van der Waals surface area contributed by atoms with Crippen LogP contribution in [0.5, 0.6) is 0 Å². The second-order valence-corrected chi connectivity index (χ2v) is 4.37. The molecule has 0 heteroatoms. The molecule has 0 unspecified atom stereocenters. The Morgan fingerprint density at radius 1 is 0.947 bits per heavy atom. The predicted molar refractivity (Wildman–Crippen MR) is 82.8 cm³/mol. The molecule has 0 aromatic heterocycles. The van der Waals surface area contributed by atoms with E-state index in [9.17, 15) is 0 Å². The Morgan fingerprint density at radius 2 is 1.68 bits per heavy atom. The van der Waals surface area contributed by atoms with Gasteiger partial charge in [0.1, 0.15) is 0 Å². The number of rotatable bonds is 3. The first-order valence-electron chi connectivity index (χ1n) is 6.68. The number of benzene rings is 2. The van der Waals surface area contributed by atoms with Crippen LogP contribution in [-0.4, -0.2) is 0 Å². The molecule has 0 spiro atoms. The maximum absolute atomic E-state index is 3.16. The average molecular weight is 246 g/mol. The van der Waals surface area contributed by atoms with E-state index in [0.29, 0.717) is 0 Å². The second-order valence-electron chi connectivity index (χ2n) is 4.37. The van der Waals surface area contributed by atoms with Gasteiger partial charge < -0.3 is 0 Å². The summed E-state index contributed by atoms with van der Waals surface area (Å²) in [5.41, 5.74) is 3.68. The lowest BCUT2D eigenvalue weighted by molar-refractivity contribution is 1.14. The van der Waals surface area contributed by atoms with Gasteiger partial charge in [-0.25, -0.2) is 0 Å². The standard InChI is InChI=1S/C19H18/c1-2-17-13-15-19(16-14-17)12-8-4-7-11-18-9-5-3-6-10-18/h3,5-6,8-10,12-16H,2,4H2,1H3/b12-8+. The molecule has 19 heavy (non-hydrogen) atoms. The first-order valence-corrected chi connectivity index (χ1v) is 6.68. The summed E-state index contributed by atoms with van der Waals surface area (Å²) in [5.74, 6) is 6.31. The van der Waals surface area contributed by atoms with Gasteiger partial charge in [0, 0.05) is 12.0 Å². The molecule has 0 aliphatic carbocycles. The molecule has 0 bridgehead atoms. The normalized spacial score (nSPS) is 10.2. The van der Waals surface area contributed by atoms with Crippen molar-refractivity contribution in [1.82, 2.24) is 0 Å². The molecule has 2 aromatic rings. The molecule has 0 nitrogen and oxygen atoms in total. The van der Waals surface area contributed by atoms with E-state index in [1.54, 1.807) is 0 Å². The SMILES string of the molecule is CCc1ccc(/C=C/CC#Cc2ccccc2)cc1. The van der Waals surface area contributed by atoms with Crippen molar-refractivity contribution in [3.05, 3.63) is 77.4 Å². The first kappa shape index (κ1) is 13.2. The highest BCUT2D eigenvalue weighted by Gasteiger charge is 1.88. The van der Waals surface area contributed by atoms with Crippen LogP contribution in [0.3, 0.4) is 0 Å². The molecule has 0 atom stereocenters. The van der Waals surface area contributed by atoms with Crippen LogP contribution in [0.15, 0.2) is 60.7 Å². The summed E-state index contributed by atoms with van der Waals surface area (Å²) in [6.45, 7) is 2.17. The fourth-order valence-electron chi connectivity index (χ4n) is 1.79. The highest BCUT2D eigenvalue weighted by molar-refractivity contribution is 5.50. The van der Waals surface area contributed by atoms with Crippen LogP contribution >= 0.6 is 0 Å². The van der Waals surface area contributed by atoms with E-state index in [-0.39, 0.29) is 0 Å². The van der Waals surface area contributed by atoms with Gasteiger partial charge in [-0.2, -0.15) is 0 Å². The Kier molecular flexibility index (Phi) is 5.02. The maximum atomic E-state index is 3.16. The summed E-state index contributed by atoms with van der Waals surface area (Å²) in [7, 11) is 0. The van der Waals surface area contributed by atoms with Gasteiger partial charge in [-0.05, 0) is 29.7 Å². The zero-order valence-corrected chi connectivity index (χ0v) is 11.3. The Hall–Kier alpha value is -2.26. The van der Waals surface area contributed by atoms with Gasteiger partial charge in [0.15, 0.2) is 0 Å². The van der Waals surface area contributed by atoms with Gasteiger partial charge in [-0.3, -0.25) is 0 Å². The van der Waals surface area contributed by atoms with Crippen molar-refractivity contribution >= 4 is 6.08 Å². The van der Waals surface area contributed by atoms with E-state index in [2.05, 4.69) is 55.2 Å². The van der Waals surface area contributed by atoms with Crippen molar-refractivity contribution in [2.24, 2.45) is 0 Å². The predicted octanol–water partition coefficient (Wildman–Crippen LogP) is 4.70. The molecule has 94 valence electrons. The second kappa shape index (κ2) is 7.24. The van der Waals surface area contributed by atoms with Crippen LogP contribution in [0.2, 0.25) is 0 Å². The number of aryl methyl sites for hydroxylation is 1. The van der Waals surface area contributed by atoms with Crippen LogP contribution in [0.25, 0.3) is 6.08 Å². The summed E-state index contributed by atoms with van der Waals surface area (Å²) in [4.78, 5) is 0. The van der Waals surface area contributed by atoms with Gasteiger partial charge >= 0.3 is 0 Å². The average Bonchev–Trinajstić information content (AvgIpc) is 2.49. The highest BCUT2D eigenvalue weighted by Crippen LogP contribution is 2.07. The third-order valence-electron chi connectivity index (χ3n) is 2.92. The number of hydrogen-bond donors (Lipinski definition) is 0.